The van der Waals surface area contributed by atoms with Crippen molar-refractivity contribution in [3.63, 3.8) is 0 Å². The number of nitrogens with two attached hydrogens (primary N) is 1. The monoisotopic (exact) mass is 215 g/mol. The summed E-state index contributed by atoms with van der Waals surface area (Å²) in [7, 11) is 0. The molecular formula is C10H14ClNS. The summed E-state index contributed by atoms with van der Waals surface area (Å²) < 4.78 is 0.806. The fourth-order valence-corrected chi connectivity index (χ4v) is 2.17. The molecule has 0 bridgehead atoms. The average Bonchev–Trinajstić information content (AvgIpc) is 2.47. The molecule has 0 spiro atoms. The van der Waals surface area contributed by atoms with Crippen molar-refractivity contribution in [3.8, 4) is 0 Å². The maximum absolute atomic E-state index is 5.97. The van der Waals surface area contributed by atoms with Crippen molar-refractivity contribution in [1.82, 2.24) is 0 Å². The van der Waals surface area contributed by atoms with Crippen molar-refractivity contribution in [2.45, 2.75) is 25.8 Å². The molecule has 1 nitrogen and oxygen atoms in total. The van der Waals surface area contributed by atoms with E-state index in [-0.39, 0.29) is 6.04 Å². The molecule has 2 N–H and O–H groups in total. The first-order valence-electron chi connectivity index (χ1n) is 4.25. The van der Waals surface area contributed by atoms with Gasteiger partial charge in [0.1, 0.15) is 0 Å². The minimum atomic E-state index is 0.106. The lowest BCUT2D eigenvalue weighted by Gasteiger charge is -2.08. The van der Waals surface area contributed by atoms with Crippen LogP contribution in [-0.2, 0) is 0 Å². The van der Waals surface area contributed by atoms with Crippen molar-refractivity contribution in [2.75, 3.05) is 0 Å². The summed E-state index contributed by atoms with van der Waals surface area (Å²) in [6.45, 7) is 5.87. The highest BCUT2D eigenvalue weighted by Crippen LogP contribution is 2.28. The molecular weight excluding hydrogens is 202 g/mol. The van der Waals surface area contributed by atoms with Crippen molar-refractivity contribution in [3.05, 3.63) is 33.5 Å². The molecule has 0 aliphatic carbocycles. The highest BCUT2D eigenvalue weighted by molar-refractivity contribution is 7.16. The van der Waals surface area contributed by atoms with Crippen LogP contribution in [0.5, 0.6) is 0 Å². The van der Waals surface area contributed by atoms with Gasteiger partial charge in [0.25, 0.3) is 0 Å². The highest BCUT2D eigenvalue weighted by Gasteiger charge is 2.07. The third-order valence-electron chi connectivity index (χ3n) is 1.84. The molecule has 1 aromatic heterocycles. The number of halogens is 1. The Morgan fingerprint density at radius 2 is 2.38 bits per heavy atom. The highest BCUT2D eigenvalue weighted by atomic mass is 35.5. The van der Waals surface area contributed by atoms with Gasteiger partial charge < -0.3 is 5.73 Å². The third kappa shape index (κ3) is 3.51. The molecule has 1 aromatic rings. The molecule has 0 fully saturated rings. The zero-order valence-electron chi connectivity index (χ0n) is 7.72. The van der Waals surface area contributed by atoms with E-state index >= 15 is 0 Å². The Kier molecular flexibility index (Phi) is 3.97. The van der Waals surface area contributed by atoms with E-state index in [2.05, 4.69) is 6.58 Å². The zero-order valence-corrected chi connectivity index (χ0v) is 9.29. The standard InChI is InChI=1S/C10H14ClNS/c1-7(2)3-4-8(12)9-5-6-10(11)13-9/h5-6,8H,1,3-4,12H2,2H3. The van der Waals surface area contributed by atoms with Gasteiger partial charge in [0.2, 0.25) is 0 Å². The molecule has 1 rings (SSSR count). The quantitative estimate of drug-likeness (QED) is 0.761. The Bertz CT molecular complexity index is 293. The third-order valence-corrected chi connectivity index (χ3v) is 3.20. The summed E-state index contributed by atoms with van der Waals surface area (Å²) in [5.74, 6) is 0. The molecule has 1 unspecified atom stereocenters. The van der Waals surface area contributed by atoms with Crippen LogP contribution < -0.4 is 5.73 Å². The fraction of sp³-hybridized carbons (Fsp3) is 0.400. The normalized spacial score (nSPS) is 12.8. The Hall–Kier alpha value is -0.310. The number of rotatable bonds is 4. The molecule has 0 aliphatic heterocycles. The summed E-state index contributed by atoms with van der Waals surface area (Å²) >= 11 is 7.37. The second-order valence-electron chi connectivity index (χ2n) is 3.24. The van der Waals surface area contributed by atoms with Crippen LogP contribution in [0.25, 0.3) is 0 Å². The van der Waals surface area contributed by atoms with Gasteiger partial charge in [-0.1, -0.05) is 17.2 Å². The van der Waals surface area contributed by atoms with Crippen molar-refractivity contribution < 1.29 is 0 Å². The maximum atomic E-state index is 5.97. The molecule has 72 valence electrons. The molecule has 0 aromatic carbocycles. The first-order chi connectivity index (χ1) is 6.09. The zero-order chi connectivity index (χ0) is 9.84. The minimum absolute atomic E-state index is 0.106. The van der Waals surface area contributed by atoms with Crippen LogP contribution in [0.3, 0.4) is 0 Å². The van der Waals surface area contributed by atoms with Gasteiger partial charge in [0.05, 0.1) is 4.34 Å². The topological polar surface area (TPSA) is 26.0 Å². The molecule has 1 atom stereocenters. The second kappa shape index (κ2) is 4.80. The number of hydrogen-bond acceptors (Lipinski definition) is 2. The van der Waals surface area contributed by atoms with Crippen LogP contribution in [-0.4, -0.2) is 0 Å². The smallest absolute Gasteiger partial charge is 0.0931 e. The Morgan fingerprint density at radius 3 is 2.85 bits per heavy atom. The van der Waals surface area contributed by atoms with Gasteiger partial charge in [-0.05, 0) is 31.9 Å². The molecule has 1 heterocycles. The first-order valence-corrected chi connectivity index (χ1v) is 5.44. The van der Waals surface area contributed by atoms with Crippen LogP contribution in [0, 0.1) is 0 Å². The fourth-order valence-electron chi connectivity index (χ4n) is 1.07. The van der Waals surface area contributed by atoms with E-state index in [1.165, 1.54) is 5.57 Å². The lowest BCUT2D eigenvalue weighted by atomic mass is 10.1. The van der Waals surface area contributed by atoms with E-state index in [0.717, 1.165) is 22.1 Å². The summed E-state index contributed by atoms with van der Waals surface area (Å²) in [6.07, 6.45) is 1.93. The van der Waals surface area contributed by atoms with Gasteiger partial charge >= 0.3 is 0 Å². The molecule has 0 amide bonds. The number of hydrogen-bond donors (Lipinski definition) is 1. The van der Waals surface area contributed by atoms with E-state index in [4.69, 9.17) is 17.3 Å². The van der Waals surface area contributed by atoms with E-state index in [1.807, 2.05) is 19.1 Å². The number of allylic oxidation sites excluding steroid dienone is 1. The van der Waals surface area contributed by atoms with Crippen molar-refractivity contribution in [1.29, 1.82) is 0 Å². The van der Waals surface area contributed by atoms with Gasteiger partial charge in [0, 0.05) is 10.9 Å². The molecule has 3 heteroatoms. The second-order valence-corrected chi connectivity index (χ2v) is 4.99. The van der Waals surface area contributed by atoms with Gasteiger partial charge in [0.15, 0.2) is 0 Å². The van der Waals surface area contributed by atoms with Gasteiger partial charge in [-0.15, -0.1) is 17.9 Å². The number of thiophene rings is 1. The Labute approximate surface area is 88.2 Å². The Balaban J connectivity index is 2.48. The van der Waals surface area contributed by atoms with Crippen molar-refractivity contribution in [2.24, 2.45) is 5.73 Å². The largest absolute Gasteiger partial charge is 0.323 e. The van der Waals surface area contributed by atoms with Crippen LogP contribution in [0.1, 0.15) is 30.7 Å². The summed E-state index contributed by atoms with van der Waals surface area (Å²) in [5.41, 5.74) is 7.15. The summed E-state index contributed by atoms with van der Waals surface area (Å²) in [6, 6.07) is 3.99. The first kappa shape index (κ1) is 10.8. The SMILES string of the molecule is C=C(C)CCC(N)c1ccc(Cl)s1. The van der Waals surface area contributed by atoms with Gasteiger partial charge in [-0.25, -0.2) is 0 Å². The maximum Gasteiger partial charge on any atom is 0.0931 e. The van der Waals surface area contributed by atoms with E-state index in [1.54, 1.807) is 11.3 Å². The predicted octanol–water partition coefficient (Wildman–Crippen LogP) is 3.76. The van der Waals surface area contributed by atoms with E-state index < -0.39 is 0 Å². The predicted molar refractivity (Wildman–Crippen MR) is 60.3 cm³/mol. The molecule has 0 aliphatic rings. The van der Waals surface area contributed by atoms with E-state index in [0.29, 0.717) is 0 Å². The average molecular weight is 216 g/mol. The molecule has 0 saturated heterocycles. The summed E-state index contributed by atoms with van der Waals surface area (Å²) in [5, 5.41) is 0. The molecule has 0 saturated carbocycles. The molecule has 0 radical (unpaired) electrons. The van der Waals surface area contributed by atoms with Gasteiger partial charge in [-0.2, -0.15) is 0 Å². The van der Waals surface area contributed by atoms with Crippen LogP contribution in [0.4, 0.5) is 0 Å². The van der Waals surface area contributed by atoms with Crippen LogP contribution in [0.15, 0.2) is 24.3 Å². The minimum Gasteiger partial charge on any atom is -0.323 e. The molecule has 13 heavy (non-hydrogen) atoms. The lowest BCUT2D eigenvalue weighted by molar-refractivity contribution is 0.659. The summed E-state index contributed by atoms with van der Waals surface area (Å²) in [4.78, 5) is 1.16. The lowest BCUT2D eigenvalue weighted by Crippen LogP contribution is -2.08. The van der Waals surface area contributed by atoms with Crippen LogP contribution >= 0.6 is 22.9 Å². The van der Waals surface area contributed by atoms with Crippen molar-refractivity contribution >= 4 is 22.9 Å². The van der Waals surface area contributed by atoms with Gasteiger partial charge in [-0.3, -0.25) is 0 Å². The van der Waals surface area contributed by atoms with E-state index in [9.17, 15) is 0 Å². The Morgan fingerprint density at radius 1 is 1.69 bits per heavy atom. The van der Waals surface area contributed by atoms with Crippen LogP contribution in [0.2, 0.25) is 4.34 Å².